The molecule has 0 saturated heterocycles. The van der Waals surface area contributed by atoms with Crippen LogP contribution in [-0.2, 0) is 0 Å². The lowest BCUT2D eigenvalue weighted by Gasteiger charge is -2.24. The van der Waals surface area contributed by atoms with Gasteiger partial charge in [-0.3, -0.25) is 14.5 Å². The van der Waals surface area contributed by atoms with Crippen LogP contribution in [0.4, 0.5) is 17.3 Å². The second-order valence-electron chi connectivity index (χ2n) is 9.04. The van der Waals surface area contributed by atoms with Gasteiger partial charge in [0.05, 0.1) is 4.92 Å². The Kier molecular flexibility index (Phi) is 5.92. The number of aromatic nitrogens is 3. The number of nitrogens with zero attached hydrogens (tertiary/aromatic N) is 4. The zero-order chi connectivity index (χ0) is 21.9. The highest BCUT2D eigenvalue weighted by molar-refractivity contribution is 5.80. The molecular formula is C24H30N6O2. The second kappa shape index (κ2) is 9.14. The number of rotatable bonds is 6. The van der Waals surface area contributed by atoms with Crippen molar-refractivity contribution in [3.63, 3.8) is 0 Å². The van der Waals surface area contributed by atoms with Gasteiger partial charge in [0, 0.05) is 42.2 Å². The molecule has 168 valence electrons. The summed E-state index contributed by atoms with van der Waals surface area (Å²) in [6.45, 7) is 0. The van der Waals surface area contributed by atoms with Crippen LogP contribution in [0.1, 0.15) is 64.2 Å². The topological polar surface area (TPSA) is 97.4 Å². The predicted octanol–water partition coefficient (Wildman–Crippen LogP) is 5.79. The van der Waals surface area contributed by atoms with E-state index >= 15 is 0 Å². The number of nitro benzene ring substituents is 1. The molecule has 2 heterocycles. The van der Waals surface area contributed by atoms with Gasteiger partial charge < -0.3 is 10.6 Å². The van der Waals surface area contributed by atoms with Crippen molar-refractivity contribution in [2.24, 2.45) is 0 Å². The van der Waals surface area contributed by atoms with Crippen molar-refractivity contribution in [2.75, 3.05) is 10.6 Å². The standard InChI is InChI=1S/C24H30N6O2/c31-30(32)20-13-11-17(12-14-20)21-23(27-19-9-5-2-6-10-19)29-16-15-25-22(24(29)28-21)26-18-7-3-1-4-8-18/h11-16,18-19,27H,1-10H2,(H,25,26). The molecule has 0 spiro atoms. The lowest BCUT2D eigenvalue weighted by Crippen LogP contribution is -2.24. The molecule has 2 N–H and O–H groups in total. The van der Waals surface area contributed by atoms with Crippen LogP contribution in [-0.4, -0.2) is 31.4 Å². The highest BCUT2D eigenvalue weighted by Crippen LogP contribution is 2.34. The van der Waals surface area contributed by atoms with Crippen LogP contribution < -0.4 is 10.6 Å². The van der Waals surface area contributed by atoms with Gasteiger partial charge in [0.25, 0.3) is 5.69 Å². The summed E-state index contributed by atoms with van der Waals surface area (Å²) in [4.78, 5) is 20.4. The van der Waals surface area contributed by atoms with Crippen LogP contribution in [0.2, 0.25) is 0 Å². The van der Waals surface area contributed by atoms with E-state index in [-0.39, 0.29) is 10.6 Å². The van der Waals surface area contributed by atoms with Crippen LogP contribution >= 0.6 is 0 Å². The first-order valence-electron chi connectivity index (χ1n) is 11.8. The van der Waals surface area contributed by atoms with Gasteiger partial charge in [-0.1, -0.05) is 38.5 Å². The summed E-state index contributed by atoms with van der Waals surface area (Å²) in [5.74, 6) is 1.74. The zero-order valence-electron chi connectivity index (χ0n) is 18.3. The maximum atomic E-state index is 11.1. The minimum absolute atomic E-state index is 0.0839. The van der Waals surface area contributed by atoms with Crippen LogP contribution in [0, 0.1) is 10.1 Å². The molecule has 3 aromatic rings. The average molecular weight is 435 g/mol. The van der Waals surface area contributed by atoms with Crippen LogP contribution in [0.5, 0.6) is 0 Å². The van der Waals surface area contributed by atoms with Crippen molar-refractivity contribution in [1.29, 1.82) is 0 Å². The number of fused-ring (bicyclic) bond motifs is 1. The number of hydrogen-bond donors (Lipinski definition) is 2. The number of hydrogen-bond acceptors (Lipinski definition) is 6. The monoisotopic (exact) mass is 434 g/mol. The maximum Gasteiger partial charge on any atom is 0.269 e. The molecule has 2 fully saturated rings. The molecule has 2 aliphatic rings. The van der Waals surface area contributed by atoms with Crippen molar-refractivity contribution in [2.45, 2.75) is 76.3 Å². The minimum Gasteiger partial charge on any atom is -0.367 e. The Balaban J connectivity index is 1.55. The fourth-order valence-corrected chi connectivity index (χ4v) is 5.04. The molecule has 8 nitrogen and oxygen atoms in total. The van der Waals surface area contributed by atoms with Crippen molar-refractivity contribution >= 4 is 23.0 Å². The van der Waals surface area contributed by atoms with Gasteiger partial charge in [0.2, 0.25) is 0 Å². The van der Waals surface area contributed by atoms with Gasteiger partial charge in [-0.2, -0.15) is 0 Å². The summed E-state index contributed by atoms with van der Waals surface area (Å²) < 4.78 is 2.09. The smallest absolute Gasteiger partial charge is 0.269 e. The van der Waals surface area contributed by atoms with Crippen molar-refractivity contribution in [3.8, 4) is 11.3 Å². The molecule has 2 saturated carbocycles. The quantitative estimate of drug-likeness (QED) is 0.376. The summed E-state index contributed by atoms with van der Waals surface area (Å²) in [7, 11) is 0. The first-order chi connectivity index (χ1) is 15.7. The van der Waals surface area contributed by atoms with E-state index in [1.165, 1.54) is 38.5 Å². The first kappa shape index (κ1) is 20.7. The third-order valence-corrected chi connectivity index (χ3v) is 6.79. The van der Waals surface area contributed by atoms with Gasteiger partial charge >= 0.3 is 0 Å². The lowest BCUT2D eigenvalue weighted by atomic mass is 9.95. The number of imidazole rings is 1. The van der Waals surface area contributed by atoms with Gasteiger partial charge in [0.1, 0.15) is 11.5 Å². The third-order valence-electron chi connectivity index (χ3n) is 6.79. The highest BCUT2D eigenvalue weighted by atomic mass is 16.6. The van der Waals surface area contributed by atoms with Crippen molar-refractivity contribution in [1.82, 2.24) is 14.4 Å². The van der Waals surface area contributed by atoms with Crippen molar-refractivity contribution < 1.29 is 4.92 Å². The minimum atomic E-state index is -0.370. The molecule has 0 radical (unpaired) electrons. The molecule has 5 rings (SSSR count). The Bertz CT molecular complexity index is 1080. The molecule has 1 aromatic carbocycles. The number of non-ortho nitro benzene ring substituents is 1. The second-order valence-corrected chi connectivity index (χ2v) is 9.04. The summed E-state index contributed by atoms with van der Waals surface area (Å²) >= 11 is 0. The Morgan fingerprint density at radius 2 is 1.53 bits per heavy atom. The van der Waals surface area contributed by atoms with Gasteiger partial charge in [-0.05, 0) is 37.8 Å². The molecule has 32 heavy (non-hydrogen) atoms. The predicted molar refractivity (Wildman–Crippen MR) is 126 cm³/mol. The van der Waals surface area contributed by atoms with Crippen LogP contribution in [0.25, 0.3) is 16.9 Å². The van der Waals surface area contributed by atoms with E-state index in [1.807, 2.05) is 12.4 Å². The number of nitrogens with one attached hydrogen (secondary N) is 2. The summed E-state index contributed by atoms with van der Waals surface area (Å²) in [5.41, 5.74) is 2.55. The molecule has 0 unspecified atom stereocenters. The Morgan fingerprint density at radius 3 is 2.16 bits per heavy atom. The van der Waals surface area contributed by atoms with E-state index in [0.29, 0.717) is 12.1 Å². The number of anilines is 2. The Morgan fingerprint density at radius 1 is 0.906 bits per heavy atom. The van der Waals surface area contributed by atoms with E-state index in [9.17, 15) is 10.1 Å². The van der Waals surface area contributed by atoms with Gasteiger partial charge in [-0.25, -0.2) is 9.97 Å². The summed E-state index contributed by atoms with van der Waals surface area (Å²) in [6, 6.07) is 7.49. The molecular weight excluding hydrogens is 404 g/mol. The van der Waals surface area contributed by atoms with E-state index in [4.69, 9.17) is 4.98 Å². The number of nitro groups is 1. The normalized spacial score (nSPS) is 18.0. The van der Waals surface area contributed by atoms with E-state index in [2.05, 4.69) is 20.0 Å². The first-order valence-corrected chi connectivity index (χ1v) is 11.8. The Labute approximate surface area is 187 Å². The van der Waals surface area contributed by atoms with Crippen LogP contribution in [0.3, 0.4) is 0 Å². The van der Waals surface area contributed by atoms with Gasteiger partial charge in [-0.15, -0.1) is 0 Å². The van der Waals surface area contributed by atoms with Crippen molar-refractivity contribution in [3.05, 3.63) is 46.8 Å². The molecule has 0 atom stereocenters. The fourth-order valence-electron chi connectivity index (χ4n) is 5.04. The third kappa shape index (κ3) is 4.26. The largest absolute Gasteiger partial charge is 0.367 e. The van der Waals surface area contributed by atoms with Gasteiger partial charge in [0.15, 0.2) is 11.5 Å². The molecule has 2 aromatic heterocycles. The Hall–Kier alpha value is -3.16. The molecule has 2 aliphatic carbocycles. The lowest BCUT2D eigenvalue weighted by molar-refractivity contribution is -0.384. The van der Waals surface area contributed by atoms with E-state index < -0.39 is 0 Å². The molecule has 0 aliphatic heterocycles. The summed E-state index contributed by atoms with van der Waals surface area (Å²) in [5, 5.41) is 18.5. The maximum absolute atomic E-state index is 11.1. The zero-order valence-corrected chi connectivity index (χ0v) is 18.3. The molecule has 8 heteroatoms. The highest BCUT2D eigenvalue weighted by Gasteiger charge is 2.23. The average Bonchev–Trinajstić information content (AvgIpc) is 3.20. The van der Waals surface area contributed by atoms with E-state index in [1.54, 1.807) is 24.3 Å². The number of benzene rings is 1. The van der Waals surface area contributed by atoms with E-state index in [0.717, 1.165) is 54.2 Å². The SMILES string of the molecule is O=[N+]([O-])c1ccc(-c2nc3c(NC4CCCCC4)nccn3c2NC2CCCCC2)cc1. The fraction of sp³-hybridized carbons (Fsp3) is 0.500. The molecule has 0 amide bonds. The summed E-state index contributed by atoms with van der Waals surface area (Å²) in [6.07, 6.45) is 15.9. The van der Waals surface area contributed by atoms with Crippen LogP contribution in [0.15, 0.2) is 36.7 Å². The molecule has 0 bridgehead atoms.